The summed E-state index contributed by atoms with van der Waals surface area (Å²) < 4.78 is 5.07. The summed E-state index contributed by atoms with van der Waals surface area (Å²) in [6, 6.07) is 0. The first-order chi connectivity index (χ1) is 8.69. The van der Waals surface area contributed by atoms with E-state index >= 15 is 0 Å². The molecular formula is C13H23NO5. The van der Waals surface area contributed by atoms with Crippen molar-refractivity contribution in [3.8, 4) is 0 Å². The Labute approximate surface area is 113 Å². The zero-order valence-electron chi connectivity index (χ0n) is 11.7. The van der Waals surface area contributed by atoms with Gasteiger partial charge in [-0.3, -0.25) is 9.59 Å². The van der Waals surface area contributed by atoms with Gasteiger partial charge in [0.25, 0.3) is 0 Å². The van der Waals surface area contributed by atoms with E-state index in [0.717, 1.165) is 0 Å². The van der Waals surface area contributed by atoms with E-state index in [-0.39, 0.29) is 31.4 Å². The fourth-order valence-electron chi connectivity index (χ4n) is 1.92. The highest BCUT2D eigenvalue weighted by Crippen LogP contribution is 2.31. The Hall–Kier alpha value is -1.14. The van der Waals surface area contributed by atoms with Crippen molar-refractivity contribution in [2.24, 2.45) is 11.3 Å². The number of carboxylic acids is 1. The van der Waals surface area contributed by atoms with E-state index in [1.54, 1.807) is 20.8 Å². The summed E-state index contributed by atoms with van der Waals surface area (Å²) in [5.41, 5.74) is -2.12. The van der Waals surface area contributed by atoms with Crippen LogP contribution in [0.15, 0.2) is 0 Å². The lowest BCUT2D eigenvalue weighted by Crippen LogP contribution is -2.46. The van der Waals surface area contributed by atoms with E-state index in [2.05, 4.69) is 5.32 Å². The van der Waals surface area contributed by atoms with Crippen molar-refractivity contribution in [3.63, 3.8) is 0 Å². The summed E-state index contributed by atoms with van der Waals surface area (Å²) in [6.07, 6.45) is 0.380. The van der Waals surface area contributed by atoms with E-state index in [1.807, 2.05) is 0 Å². The molecule has 110 valence electrons. The summed E-state index contributed by atoms with van der Waals surface area (Å²) in [5.74, 6) is -1.51. The highest BCUT2D eigenvalue weighted by molar-refractivity contribution is 5.84. The van der Waals surface area contributed by atoms with Crippen molar-refractivity contribution < 1.29 is 24.5 Å². The van der Waals surface area contributed by atoms with Gasteiger partial charge in [-0.05, 0) is 12.8 Å². The van der Waals surface area contributed by atoms with Crippen LogP contribution < -0.4 is 5.32 Å². The molecule has 1 aliphatic heterocycles. The van der Waals surface area contributed by atoms with E-state index in [0.29, 0.717) is 13.0 Å². The minimum absolute atomic E-state index is 0.0969. The van der Waals surface area contributed by atoms with Crippen LogP contribution in [0.2, 0.25) is 0 Å². The average molecular weight is 273 g/mol. The van der Waals surface area contributed by atoms with Crippen LogP contribution in [0.4, 0.5) is 0 Å². The molecule has 0 radical (unpaired) electrons. The monoisotopic (exact) mass is 273 g/mol. The number of carboxylic acid groups (broad SMARTS) is 1. The number of rotatable bonds is 6. The van der Waals surface area contributed by atoms with E-state index < -0.39 is 17.0 Å². The predicted octanol–water partition coefficient (Wildman–Crippen LogP) is 0.391. The van der Waals surface area contributed by atoms with Gasteiger partial charge in [0.05, 0.1) is 12.0 Å². The van der Waals surface area contributed by atoms with Crippen molar-refractivity contribution in [2.75, 3.05) is 19.8 Å². The molecule has 1 fully saturated rings. The maximum absolute atomic E-state index is 11.8. The third-order valence-corrected chi connectivity index (χ3v) is 3.99. The van der Waals surface area contributed by atoms with Crippen molar-refractivity contribution in [1.29, 1.82) is 0 Å². The molecule has 1 heterocycles. The van der Waals surface area contributed by atoms with Crippen LogP contribution in [0.1, 0.15) is 33.6 Å². The topological polar surface area (TPSA) is 95.9 Å². The second kappa shape index (κ2) is 5.88. The second-order valence-electron chi connectivity index (χ2n) is 5.86. The lowest BCUT2D eigenvalue weighted by molar-refractivity contribution is -0.153. The van der Waals surface area contributed by atoms with Crippen LogP contribution in [0.25, 0.3) is 0 Å². The quantitative estimate of drug-likeness (QED) is 0.650. The SMILES string of the molecule is CC(C)C(C)(CC(=O)NCC1(O)CCOC1)C(=O)O. The minimum atomic E-state index is -1.10. The summed E-state index contributed by atoms with van der Waals surface area (Å²) >= 11 is 0. The molecule has 0 spiro atoms. The van der Waals surface area contributed by atoms with Gasteiger partial charge in [0.1, 0.15) is 5.60 Å². The molecule has 1 rings (SSSR count). The van der Waals surface area contributed by atoms with Crippen LogP contribution in [0, 0.1) is 11.3 Å². The van der Waals surface area contributed by atoms with Gasteiger partial charge in [0.15, 0.2) is 0 Å². The molecule has 1 aliphatic rings. The second-order valence-corrected chi connectivity index (χ2v) is 5.86. The molecule has 2 unspecified atom stereocenters. The molecular weight excluding hydrogens is 250 g/mol. The molecule has 1 saturated heterocycles. The number of amides is 1. The third-order valence-electron chi connectivity index (χ3n) is 3.99. The molecule has 3 N–H and O–H groups in total. The Balaban J connectivity index is 2.52. The van der Waals surface area contributed by atoms with E-state index in [4.69, 9.17) is 4.74 Å². The Morgan fingerprint density at radius 3 is 2.53 bits per heavy atom. The molecule has 2 atom stereocenters. The molecule has 6 nitrogen and oxygen atoms in total. The molecule has 0 saturated carbocycles. The van der Waals surface area contributed by atoms with Crippen molar-refractivity contribution in [3.05, 3.63) is 0 Å². The van der Waals surface area contributed by atoms with Crippen LogP contribution in [0.3, 0.4) is 0 Å². The zero-order valence-corrected chi connectivity index (χ0v) is 11.7. The van der Waals surface area contributed by atoms with Crippen LogP contribution in [0.5, 0.6) is 0 Å². The Bertz CT molecular complexity index is 349. The van der Waals surface area contributed by atoms with Gasteiger partial charge < -0.3 is 20.3 Å². The number of aliphatic carboxylic acids is 1. The number of hydrogen-bond donors (Lipinski definition) is 3. The minimum Gasteiger partial charge on any atom is -0.481 e. The van der Waals surface area contributed by atoms with Gasteiger partial charge in [0, 0.05) is 26.0 Å². The van der Waals surface area contributed by atoms with Gasteiger partial charge in [-0.2, -0.15) is 0 Å². The van der Waals surface area contributed by atoms with Crippen LogP contribution in [-0.4, -0.2) is 47.4 Å². The van der Waals surface area contributed by atoms with Gasteiger partial charge >= 0.3 is 5.97 Å². The summed E-state index contributed by atoms with van der Waals surface area (Å²) in [7, 11) is 0. The van der Waals surface area contributed by atoms with E-state index in [9.17, 15) is 19.8 Å². The Morgan fingerprint density at radius 1 is 1.47 bits per heavy atom. The third kappa shape index (κ3) is 3.91. The molecule has 19 heavy (non-hydrogen) atoms. The highest BCUT2D eigenvalue weighted by atomic mass is 16.5. The zero-order chi connectivity index (χ0) is 14.7. The lowest BCUT2D eigenvalue weighted by Gasteiger charge is -2.29. The molecule has 0 bridgehead atoms. The van der Waals surface area contributed by atoms with Gasteiger partial charge in [-0.15, -0.1) is 0 Å². The maximum Gasteiger partial charge on any atom is 0.310 e. The number of ether oxygens (including phenoxy) is 1. The van der Waals surface area contributed by atoms with Gasteiger partial charge in [-0.1, -0.05) is 13.8 Å². The Morgan fingerprint density at radius 2 is 2.11 bits per heavy atom. The average Bonchev–Trinajstić information content (AvgIpc) is 2.73. The number of carbonyl (C=O) groups is 2. The fraction of sp³-hybridized carbons (Fsp3) is 0.846. The normalized spacial score (nSPS) is 26.2. The van der Waals surface area contributed by atoms with Gasteiger partial charge in [-0.25, -0.2) is 0 Å². The fourth-order valence-corrected chi connectivity index (χ4v) is 1.92. The predicted molar refractivity (Wildman–Crippen MR) is 68.6 cm³/mol. The van der Waals surface area contributed by atoms with Crippen LogP contribution >= 0.6 is 0 Å². The molecule has 0 aromatic carbocycles. The number of nitrogens with one attached hydrogen (secondary N) is 1. The first kappa shape index (κ1) is 15.9. The van der Waals surface area contributed by atoms with Gasteiger partial charge in [0.2, 0.25) is 5.91 Å². The van der Waals surface area contributed by atoms with E-state index in [1.165, 1.54) is 0 Å². The first-order valence-corrected chi connectivity index (χ1v) is 6.50. The molecule has 6 heteroatoms. The number of hydrogen-bond acceptors (Lipinski definition) is 4. The Kier molecular flexibility index (Phi) is 4.92. The van der Waals surface area contributed by atoms with Crippen LogP contribution in [-0.2, 0) is 14.3 Å². The van der Waals surface area contributed by atoms with Crippen molar-refractivity contribution in [1.82, 2.24) is 5.32 Å². The highest BCUT2D eigenvalue weighted by Gasteiger charge is 2.39. The lowest BCUT2D eigenvalue weighted by atomic mass is 9.76. The number of carbonyl (C=O) groups excluding carboxylic acids is 1. The molecule has 0 aromatic rings. The number of aliphatic hydroxyl groups is 1. The standard InChI is InChI=1S/C13H23NO5/c1-9(2)12(3,11(16)17)6-10(15)14-7-13(18)4-5-19-8-13/h9,18H,4-8H2,1-3H3,(H,14,15)(H,16,17). The summed E-state index contributed by atoms with van der Waals surface area (Å²) in [4.78, 5) is 23.1. The largest absolute Gasteiger partial charge is 0.481 e. The molecule has 1 amide bonds. The first-order valence-electron chi connectivity index (χ1n) is 6.50. The maximum atomic E-state index is 11.8. The molecule has 0 aliphatic carbocycles. The van der Waals surface area contributed by atoms with Crippen molar-refractivity contribution >= 4 is 11.9 Å². The molecule has 0 aromatic heterocycles. The van der Waals surface area contributed by atoms with Crippen molar-refractivity contribution in [2.45, 2.75) is 39.2 Å². The smallest absolute Gasteiger partial charge is 0.310 e. The summed E-state index contributed by atoms with van der Waals surface area (Å²) in [6.45, 7) is 5.89. The summed E-state index contributed by atoms with van der Waals surface area (Å²) in [5, 5.41) is 21.8.